The Labute approximate surface area is 170 Å². The molecule has 0 unspecified atom stereocenters. The highest BCUT2D eigenvalue weighted by molar-refractivity contribution is 5.91. The predicted molar refractivity (Wildman–Crippen MR) is 111 cm³/mol. The number of rotatable bonds is 3. The van der Waals surface area contributed by atoms with Crippen LogP contribution in [0.2, 0.25) is 0 Å². The maximum atomic E-state index is 13.5. The zero-order chi connectivity index (χ0) is 20.7. The molecule has 0 radical (unpaired) electrons. The van der Waals surface area contributed by atoms with Crippen molar-refractivity contribution in [2.75, 3.05) is 0 Å². The zero-order valence-electron chi connectivity index (χ0n) is 15.9. The van der Waals surface area contributed by atoms with E-state index in [1.165, 1.54) is 12.1 Å². The van der Waals surface area contributed by atoms with E-state index >= 15 is 0 Å². The minimum atomic E-state index is -0.391. The second kappa shape index (κ2) is 7.08. The molecule has 5 rings (SSSR count). The van der Waals surface area contributed by atoms with Crippen LogP contribution in [-0.4, -0.2) is 10.1 Å². The van der Waals surface area contributed by atoms with Crippen LogP contribution in [0.4, 0.5) is 4.39 Å². The van der Waals surface area contributed by atoms with Gasteiger partial charge in [-0.1, -0.05) is 53.7 Å². The van der Waals surface area contributed by atoms with Gasteiger partial charge < -0.3 is 8.94 Å². The third-order valence-electron chi connectivity index (χ3n) is 4.92. The number of hydrogen-bond acceptors (Lipinski definition) is 5. The normalized spacial score (nSPS) is 11.1. The van der Waals surface area contributed by atoms with E-state index in [1.807, 2.05) is 30.3 Å². The lowest BCUT2D eigenvalue weighted by Gasteiger charge is -2.08. The molecule has 6 heteroatoms. The fourth-order valence-corrected chi connectivity index (χ4v) is 3.42. The number of nitrogens with zero attached hydrogens (tertiary/aromatic N) is 2. The lowest BCUT2D eigenvalue weighted by Crippen LogP contribution is -2.07. The molecule has 0 aliphatic carbocycles. The number of para-hydroxylation sites is 1. The summed E-state index contributed by atoms with van der Waals surface area (Å²) in [5.41, 5.74) is 2.55. The van der Waals surface area contributed by atoms with Crippen LogP contribution >= 0.6 is 0 Å². The Hall–Kier alpha value is -4.06. The van der Waals surface area contributed by atoms with E-state index in [0.29, 0.717) is 33.4 Å². The SMILES string of the molecule is Cc1c(-c2ccccc2)oc2c(-c3nc(-c4cccc(F)c4)no3)cccc2c1=O. The average Bonchev–Trinajstić information content (AvgIpc) is 3.26. The number of aromatic nitrogens is 2. The molecule has 0 saturated carbocycles. The smallest absolute Gasteiger partial charge is 0.262 e. The molecule has 0 aliphatic heterocycles. The van der Waals surface area contributed by atoms with E-state index in [-0.39, 0.29) is 17.1 Å². The van der Waals surface area contributed by atoms with Gasteiger partial charge in [-0.05, 0) is 31.2 Å². The molecule has 5 aromatic rings. The van der Waals surface area contributed by atoms with E-state index in [4.69, 9.17) is 8.94 Å². The van der Waals surface area contributed by atoms with Crippen LogP contribution in [0.15, 0.2) is 86.5 Å². The summed E-state index contributed by atoms with van der Waals surface area (Å²) in [7, 11) is 0. The van der Waals surface area contributed by atoms with Crippen LogP contribution in [0.5, 0.6) is 0 Å². The maximum Gasteiger partial charge on any atom is 0.262 e. The third-order valence-corrected chi connectivity index (χ3v) is 4.92. The lowest BCUT2D eigenvalue weighted by molar-refractivity contribution is 0.432. The molecule has 0 bridgehead atoms. The van der Waals surface area contributed by atoms with Gasteiger partial charge in [-0.15, -0.1) is 0 Å². The average molecular weight is 398 g/mol. The summed E-state index contributed by atoms with van der Waals surface area (Å²) in [5.74, 6) is 0.536. The third kappa shape index (κ3) is 2.99. The quantitative estimate of drug-likeness (QED) is 0.394. The highest BCUT2D eigenvalue weighted by Crippen LogP contribution is 2.32. The minimum absolute atomic E-state index is 0.123. The highest BCUT2D eigenvalue weighted by Gasteiger charge is 2.19. The molecule has 0 atom stereocenters. The molecule has 3 aromatic carbocycles. The topological polar surface area (TPSA) is 69.1 Å². The molecule has 0 spiro atoms. The van der Waals surface area contributed by atoms with Crippen LogP contribution < -0.4 is 5.43 Å². The van der Waals surface area contributed by atoms with Gasteiger partial charge in [0, 0.05) is 16.7 Å². The van der Waals surface area contributed by atoms with Crippen LogP contribution in [0, 0.1) is 12.7 Å². The summed E-state index contributed by atoms with van der Waals surface area (Å²) in [6.07, 6.45) is 0. The van der Waals surface area contributed by atoms with Crippen LogP contribution in [0.3, 0.4) is 0 Å². The van der Waals surface area contributed by atoms with Crippen LogP contribution in [-0.2, 0) is 0 Å². The number of fused-ring (bicyclic) bond motifs is 1. The lowest BCUT2D eigenvalue weighted by atomic mass is 10.0. The molecule has 2 aromatic heterocycles. The first kappa shape index (κ1) is 18.0. The molecule has 0 amide bonds. The predicted octanol–water partition coefficient (Wildman–Crippen LogP) is 5.62. The zero-order valence-corrected chi connectivity index (χ0v) is 15.9. The van der Waals surface area contributed by atoms with Crippen molar-refractivity contribution in [1.29, 1.82) is 0 Å². The highest BCUT2D eigenvalue weighted by atomic mass is 19.1. The second-order valence-corrected chi connectivity index (χ2v) is 6.87. The van der Waals surface area contributed by atoms with E-state index in [0.717, 1.165) is 5.56 Å². The van der Waals surface area contributed by atoms with Crippen molar-refractivity contribution in [2.45, 2.75) is 6.92 Å². The molecule has 2 heterocycles. The fourth-order valence-electron chi connectivity index (χ4n) is 3.42. The van der Waals surface area contributed by atoms with Gasteiger partial charge in [-0.3, -0.25) is 4.79 Å². The first-order valence-corrected chi connectivity index (χ1v) is 9.33. The Morgan fingerprint density at radius 3 is 2.47 bits per heavy atom. The largest absolute Gasteiger partial charge is 0.455 e. The summed E-state index contributed by atoms with van der Waals surface area (Å²) >= 11 is 0. The molecule has 0 N–H and O–H groups in total. The van der Waals surface area contributed by atoms with Gasteiger partial charge in [0.25, 0.3) is 5.89 Å². The minimum Gasteiger partial charge on any atom is -0.455 e. The molecule has 0 fully saturated rings. The van der Waals surface area contributed by atoms with Crippen molar-refractivity contribution in [3.8, 4) is 34.2 Å². The Kier molecular flexibility index (Phi) is 4.25. The van der Waals surface area contributed by atoms with Crippen molar-refractivity contribution in [3.63, 3.8) is 0 Å². The second-order valence-electron chi connectivity index (χ2n) is 6.87. The van der Waals surface area contributed by atoms with Crippen LogP contribution in [0.25, 0.3) is 45.1 Å². The number of halogens is 1. The van der Waals surface area contributed by atoms with E-state index < -0.39 is 5.82 Å². The van der Waals surface area contributed by atoms with Gasteiger partial charge in [0.2, 0.25) is 5.82 Å². The van der Waals surface area contributed by atoms with E-state index in [2.05, 4.69) is 10.1 Å². The summed E-state index contributed by atoms with van der Waals surface area (Å²) in [6, 6.07) is 20.6. The molecule has 5 nitrogen and oxygen atoms in total. The standard InChI is InChI=1S/C24H15FN2O3/c1-14-20(28)18-11-6-12-19(22(18)29-21(14)15-7-3-2-4-8-15)24-26-23(27-30-24)16-9-5-10-17(25)13-16/h2-13H,1H3. The molecule has 30 heavy (non-hydrogen) atoms. The van der Waals surface area contributed by atoms with Gasteiger partial charge in [0.1, 0.15) is 11.6 Å². The molecule has 0 aliphatic rings. The maximum absolute atomic E-state index is 13.5. The molecule has 146 valence electrons. The molecular formula is C24H15FN2O3. The van der Waals surface area contributed by atoms with Crippen molar-refractivity contribution in [1.82, 2.24) is 10.1 Å². The molecular weight excluding hydrogens is 383 g/mol. The van der Waals surface area contributed by atoms with Gasteiger partial charge in [-0.25, -0.2) is 4.39 Å². The van der Waals surface area contributed by atoms with Crippen molar-refractivity contribution in [3.05, 3.63) is 94.4 Å². The Bertz CT molecular complexity index is 1440. The summed E-state index contributed by atoms with van der Waals surface area (Å²) in [4.78, 5) is 17.4. The summed E-state index contributed by atoms with van der Waals surface area (Å²) < 4.78 is 25.2. The fraction of sp³-hybridized carbons (Fsp3) is 0.0417. The van der Waals surface area contributed by atoms with E-state index in [9.17, 15) is 9.18 Å². The van der Waals surface area contributed by atoms with Gasteiger partial charge in [-0.2, -0.15) is 4.98 Å². The summed E-state index contributed by atoms with van der Waals surface area (Å²) in [6.45, 7) is 1.75. The Morgan fingerprint density at radius 1 is 0.900 bits per heavy atom. The first-order chi connectivity index (χ1) is 14.6. The van der Waals surface area contributed by atoms with Gasteiger partial charge >= 0.3 is 0 Å². The van der Waals surface area contributed by atoms with Crippen molar-refractivity contribution < 1.29 is 13.3 Å². The van der Waals surface area contributed by atoms with Gasteiger partial charge in [0.05, 0.1) is 10.9 Å². The van der Waals surface area contributed by atoms with Crippen LogP contribution in [0.1, 0.15) is 5.56 Å². The molecule has 0 saturated heterocycles. The monoisotopic (exact) mass is 398 g/mol. The van der Waals surface area contributed by atoms with Crippen molar-refractivity contribution in [2.24, 2.45) is 0 Å². The first-order valence-electron chi connectivity index (χ1n) is 9.33. The Morgan fingerprint density at radius 2 is 1.67 bits per heavy atom. The Balaban J connectivity index is 1.71. The summed E-state index contributed by atoms with van der Waals surface area (Å²) in [5, 5.41) is 4.38. The van der Waals surface area contributed by atoms with Crippen molar-refractivity contribution >= 4 is 11.0 Å². The van der Waals surface area contributed by atoms with E-state index in [1.54, 1.807) is 37.3 Å². The van der Waals surface area contributed by atoms with Gasteiger partial charge in [0.15, 0.2) is 11.0 Å². The number of hydrogen-bond donors (Lipinski definition) is 0. The number of benzene rings is 3.